The zero-order chi connectivity index (χ0) is 15.0. The number of hydrogen-bond donors (Lipinski definition) is 3. The molecule has 0 spiro atoms. The van der Waals surface area contributed by atoms with Gasteiger partial charge in [0, 0.05) is 12.4 Å². The number of urea groups is 1. The van der Waals surface area contributed by atoms with Crippen molar-refractivity contribution in [3.05, 3.63) is 30.1 Å². The highest BCUT2D eigenvalue weighted by Gasteiger charge is 2.20. The van der Waals surface area contributed by atoms with Gasteiger partial charge in [-0.05, 0) is 37.0 Å². The number of aliphatic carboxylic acids is 1. The fourth-order valence-corrected chi connectivity index (χ4v) is 2.08. The van der Waals surface area contributed by atoms with E-state index in [0.29, 0.717) is 12.2 Å². The Labute approximate surface area is 122 Å². The van der Waals surface area contributed by atoms with Crippen LogP contribution >= 0.6 is 11.8 Å². The van der Waals surface area contributed by atoms with E-state index in [0.717, 1.165) is 5.56 Å². The number of hydrogen-bond acceptors (Lipinski definition) is 4. The molecule has 1 unspecified atom stereocenters. The van der Waals surface area contributed by atoms with Gasteiger partial charge in [-0.25, -0.2) is 9.59 Å². The first-order valence-electron chi connectivity index (χ1n) is 6.23. The number of carbonyl (C=O) groups excluding carboxylic acids is 1. The van der Waals surface area contributed by atoms with E-state index < -0.39 is 18.0 Å². The molecule has 1 aromatic rings. The minimum absolute atomic E-state index is 0.237. The molecule has 0 fully saturated rings. The number of carboxylic acids is 1. The second-order valence-corrected chi connectivity index (χ2v) is 5.28. The molecule has 0 aromatic carbocycles. The SMILES string of the molecule is CSCC[C@@H](NC(=O)NC(C)c1cccnc1)C(=O)O. The van der Waals surface area contributed by atoms with Gasteiger partial charge in [0.05, 0.1) is 6.04 Å². The number of nitrogens with one attached hydrogen (secondary N) is 2. The molecule has 20 heavy (non-hydrogen) atoms. The molecule has 0 aliphatic rings. The normalized spacial score (nSPS) is 13.3. The zero-order valence-corrected chi connectivity index (χ0v) is 12.3. The number of amides is 2. The Morgan fingerprint density at radius 1 is 1.45 bits per heavy atom. The van der Waals surface area contributed by atoms with Crippen LogP contribution in [0.5, 0.6) is 0 Å². The molecule has 1 rings (SSSR count). The van der Waals surface area contributed by atoms with Crippen molar-refractivity contribution >= 4 is 23.8 Å². The topological polar surface area (TPSA) is 91.3 Å². The van der Waals surface area contributed by atoms with Gasteiger partial charge in [-0.2, -0.15) is 11.8 Å². The first-order valence-corrected chi connectivity index (χ1v) is 7.62. The van der Waals surface area contributed by atoms with Crippen molar-refractivity contribution < 1.29 is 14.7 Å². The molecule has 0 aliphatic heterocycles. The summed E-state index contributed by atoms with van der Waals surface area (Å²) in [6.07, 6.45) is 5.60. The van der Waals surface area contributed by atoms with Crippen LogP contribution in [0.25, 0.3) is 0 Å². The lowest BCUT2D eigenvalue weighted by atomic mass is 10.1. The fraction of sp³-hybridized carbons (Fsp3) is 0.462. The standard InChI is InChI=1S/C13H19N3O3S/c1-9(10-4-3-6-14-8-10)15-13(19)16-11(12(17)18)5-7-20-2/h3-4,6,8-9,11H,5,7H2,1-2H3,(H,17,18)(H2,15,16,19)/t9?,11-/m1/s1. The summed E-state index contributed by atoms with van der Waals surface area (Å²) in [5, 5.41) is 14.2. The van der Waals surface area contributed by atoms with E-state index in [-0.39, 0.29) is 6.04 Å². The minimum atomic E-state index is -1.02. The van der Waals surface area contributed by atoms with E-state index in [1.54, 1.807) is 30.2 Å². The molecule has 110 valence electrons. The molecule has 0 saturated heterocycles. The smallest absolute Gasteiger partial charge is 0.326 e. The summed E-state index contributed by atoms with van der Waals surface area (Å²) in [7, 11) is 0. The monoisotopic (exact) mass is 297 g/mol. The highest BCUT2D eigenvalue weighted by molar-refractivity contribution is 7.98. The molecular weight excluding hydrogens is 278 g/mol. The van der Waals surface area contributed by atoms with Crippen LogP contribution in [0, 0.1) is 0 Å². The van der Waals surface area contributed by atoms with Crippen LogP contribution in [-0.2, 0) is 4.79 Å². The van der Waals surface area contributed by atoms with Gasteiger partial charge in [-0.1, -0.05) is 6.07 Å². The highest BCUT2D eigenvalue weighted by Crippen LogP contribution is 2.09. The predicted molar refractivity (Wildman–Crippen MR) is 78.7 cm³/mol. The highest BCUT2D eigenvalue weighted by atomic mass is 32.2. The Bertz CT molecular complexity index is 442. The number of carboxylic acid groups (broad SMARTS) is 1. The number of nitrogens with zero attached hydrogens (tertiary/aromatic N) is 1. The number of rotatable bonds is 7. The summed E-state index contributed by atoms with van der Waals surface area (Å²) in [4.78, 5) is 26.8. The van der Waals surface area contributed by atoms with Gasteiger partial charge in [0.25, 0.3) is 0 Å². The van der Waals surface area contributed by atoms with Gasteiger partial charge in [-0.3, -0.25) is 4.98 Å². The lowest BCUT2D eigenvalue weighted by molar-refractivity contribution is -0.139. The molecule has 2 atom stereocenters. The largest absolute Gasteiger partial charge is 0.480 e. The summed E-state index contributed by atoms with van der Waals surface area (Å²) in [5.74, 6) is -0.349. The molecule has 0 aliphatic carbocycles. The van der Waals surface area contributed by atoms with E-state index in [1.165, 1.54) is 0 Å². The first kappa shape index (κ1) is 16.3. The average Bonchev–Trinajstić information content (AvgIpc) is 2.44. The van der Waals surface area contributed by atoms with Crippen molar-refractivity contribution in [2.45, 2.75) is 25.4 Å². The molecule has 6 nitrogen and oxygen atoms in total. The molecule has 3 N–H and O–H groups in total. The van der Waals surface area contributed by atoms with Crippen molar-refractivity contribution in [2.75, 3.05) is 12.0 Å². The second kappa shape index (κ2) is 8.42. The van der Waals surface area contributed by atoms with Gasteiger partial charge in [-0.15, -0.1) is 0 Å². The van der Waals surface area contributed by atoms with Gasteiger partial charge in [0.1, 0.15) is 6.04 Å². The third kappa shape index (κ3) is 5.48. The second-order valence-electron chi connectivity index (χ2n) is 4.30. The Morgan fingerprint density at radius 3 is 2.75 bits per heavy atom. The summed E-state index contributed by atoms with van der Waals surface area (Å²) >= 11 is 1.54. The van der Waals surface area contributed by atoms with E-state index >= 15 is 0 Å². The molecular formula is C13H19N3O3S. The minimum Gasteiger partial charge on any atom is -0.480 e. The number of pyridine rings is 1. The maximum atomic E-state index is 11.8. The summed E-state index contributed by atoms with van der Waals surface area (Å²) < 4.78 is 0. The first-order chi connectivity index (χ1) is 9.54. The maximum absolute atomic E-state index is 11.8. The van der Waals surface area contributed by atoms with Gasteiger partial charge >= 0.3 is 12.0 Å². The average molecular weight is 297 g/mol. The summed E-state index contributed by atoms with van der Waals surface area (Å²) in [6.45, 7) is 1.81. The van der Waals surface area contributed by atoms with Crippen LogP contribution in [0.4, 0.5) is 4.79 Å². The van der Waals surface area contributed by atoms with E-state index in [2.05, 4.69) is 15.6 Å². The van der Waals surface area contributed by atoms with Crippen LogP contribution in [0.3, 0.4) is 0 Å². The van der Waals surface area contributed by atoms with Crippen LogP contribution in [0.15, 0.2) is 24.5 Å². The fourth-order valence-electron chi connectivity index (χ4n) is 1.61. The third-order valence-electron chi connectivity index (χ3n) is 2.75. The summed E-state index contributed by atoms with van der Waals surface area (Å²) in [5.41, 5.74) is 0.860. The van der Waals surface area contributed by atoms with Crippen molar-refractivity contribution in [1.29, 1.82) is 0 Å². The lowest BCUT2D eigenvalue weighted by Gasteiger charge is -2.18. The predicted octanol–water partition coefficient (Wildman–Crippen LogP) is 1.65. The quantitative estimate of drug-likeness (QED) is 0.712. The van der Waals surface area contributed by atoms with Gasteiger partial charge < -0.3 is 15.7 Å². The molecule has 2 amide bonds. The van der Waals surface area contributed by atoms with Gasteiger partial charge in [0.2, 0.25) is 0 Å². The van der Waals surface area contributed by atoms with E-state index in [4.69, 9.17) is 5.11 Å². The van der Waals surface area contributed by atoms with E-state index in [1.807, 2.05) is 19.2 Å². The number of carbonyl (C=O) groups is 2. The maximum Gasteiger partial charge on any atom is 0.326 e. The van der Waals surface area contributed by atoms with Gasteiger partial charge in [0.15, 0.2) is 0 Å². The lowest BCUT2D eigenvalue weighted by Crippen LogP contribution is -2.46. The number of thioether (sulfide) groups is 1. The van der Waals surface area contributed by atoms with Crippen LogP contribution in [0.1, 0.15) is 24.9 Å². The van der Waals surface area contributed by atoms with Crippen LogP contribution < -0.4 is 10.6 Å². The Morgan fingerprint density at radius 2 is 2.20 bits per heavy atom. The summed E-state index contributed by atoms with van der Waals surface area (Å²) in [6, 6.07) is 2.03. The van der Waals surface area contributed by atoms with Crippen molar-refractivity contribution in [1.82, 2.24) is 15.6 Å². The molecule has 1 aromatic heterocycles. The zero-order valence-electron chi connectivity index (χ0n) is 11.5. The van der Waals surface area contributed by atoms with Crippen molar-refractivity contribution in [3.63, 3.8) is 0 Å². The Hall–Kier alpha value is -1.76. The van der Waals surface area contributed by atoms with Crippen LogP contribution in [0.2, 0.25) is 0 Å². The molecule has 0 saturated carbocycles. The molecule has 0 bridgehead atoms. The van der Waals surface area contributed by atoms with Crippen molar-refractivity contribution in [3.8, 4) is 0 Å². The number of aromatic nitrogens is 1. The third-order valence-corrected chi connectivity index (χ3v) is 3.39. The van der Waals surface area contributed by atoms with Crippen LogP contribution in [-0.4, -0.2) is 40.1 Å². The Kier molecular flexibility index (Phi) is 6.86. The van der Waals surface area contributed by atoms with E-state index in [9.17, 15) is 9.59 Å². The Balaban J connectivity index is 2.51. The molecule has 7 heteroatoms. The molecule has 1 heterocycles. The molecule has 0 radical (unpaired) electrons. The van der Waals surface area contributed by atoms with Crippen molar-refractivity contribution in [2.24, 2.45) is 0 Å².